The minimum Gasteiger partial charge on any atom is -0.491 e. The summed E-state index contributed by atoms with van der Waals surface area (Å²) in [5, 5.41) is 10.3. The van der Waals surface area contributed by atoms with Crippen LogP contribution in [0.2, 0.25) is 0 Å². The minimum absolute atomic E-state index is 0.370. The molecule has 1 fully saturated rings. The highest BCUT2D eigenvalue weighted by atomic mass is 16.5. The molecule has 1 saturated heterocycles. The average molecular weight is 474 g/mol. The first-order valence-electron chi connectivity index (χ1n) is 12.0. The highest BCUT2D eigenvalue weighted by Crippen LogP contribution is 2.28. The molecule has 9 heteroatoms. The fourth-order valence-corrected chi connectivity index (χ4v) is 4.24. The Morgan fingerprint density at radius 3 is 2.57 bits per heavy atom. The number of piperidine rings is 1. The Bertz CT molecular complexity index is 1220. The Morgan fingerprint density at radius 1 is 1.00 bits per heavy atom. The summed E-state index contributed by atoms with van der Waals surface area (Å²) in [7, 11) is 1.66. The smallest absolute Gasteiger partial charge is 0.231 e. The lowest BCUT2D eigenvalue weighted by Gasteiger charge is -2.24. The van der Waals surface area contributed by atoms with Crippen molar-refractivity contribution in [3.8, 4) is 5.75 Å². The van der Waals surface area contributed by atoms with Gasteiger partial charge >= 0.3 is 0 Å². The third kappa shape index (κ3) is 5.70. The maximum Gasteiger partial charge on any atom is 0.231 e. The van der Waals surface area contributed by atoms with E-state index in [0.717, 1.165) is 48.5 Å². The van der Waals surface area contributed by atoms with Gasteiger partial charge in [-0.2, -0.15) is 9.97 Å². The van der Waals surface area contributed by atoms with Gasteiger partial charge in [-0.1, -0.05) is 30.3 Å². The molecule has 5 rings (SSSR count). The van der Waals surface area contributed by atoms with Crippen molar-refractivity contribution < 1.29 is 9.47 Å². The van der Waals surface area contributed by atoms with E-state index in [1.807, 2.05) is 48.8 Å². The van der Waals surface area contributed by atoms with Gasteiger partial charge in [-0.25, -0.2) is 4.98 Å². The average Bonchev–Trinajstić information content (AvgIpc) is 3.34. The number of fused-ring (bicyclic) bond motifs is 1. The SMILES string of the molecule is COCCOc1ccc(Nc2nc(NCc3ccccc3)c3ncn(C4CCNCC4)c3n2)cc1. The van der Waals surface area contributed by atoms with Gasteiger partial charge in [0.15, 0.2) is 17.0 Å². The maximum absolute atomic E-state index is 5.66. The Labute approximate surface area is 204 Å². The molecule has 2 aromatic heterocycles. The normalized spacial score (nSPS) is 14.2. The Morgan fingerprint density at radius 2 is 1.80 bits per heavy atom. The molecule has 1 aliphatic rings. The lowest BCUT2D eigenvalue weighted by Crippen LogP contribution is -2.29. The van der Waals surface area contributed by atoms with E-state index < -0.39 is 0 Å². The lowest BCUT2D eigenvalue weighted by atomic mass is 10.1. The van der Waals surface area contributed by atoms with E-state index in [9.17, 15) is 0 Å². The number of aromatic nitrogens is 4. The molecule has 0 spiro atoms. The number of nitrogens with zero attached hydrogens (tertiary/aromatic N) is 4. The number of hydrogen-bond donors (Lipinski definition) is 3. The van der Waals surface area contributed by atoms with Crippen LogP contribution in [0.3, 0.4) is 0 Å². The second kappa shape index (κ2) is 11.2. The zero-order valence-electron chi connectivity index (χ0n) is 19.9. The van der Waals surface area contributed by atoms with Crippen LogP contribution in [0.25, 0.3) is 11.2 Å². The first kappa shape index (κ1) is 23.1. The number of hydrogen-bond acceptors (Lipinski definition) is 8. The largest absolute Gasteiger partial charge is 0.491 e. The van der Waals surface area contributed by atoms with Crippen LogP contribution >= 0.6 is 0 Å². The summed E-state index contributed by atoms with van der Waals surface area (Å²) < 4.78 is 12.9. The van der Waals surface area contributed by atoms with Crippen molar-refractivity contribution in [2.75, 3.05) is 44.0 Å². The zero-order chi connectivity index (χ0) is 23.9. The van der Waals surface area contributed by atoms with E-state index in [2.05, 4.69) is 32.7 Å². The quantitative estimate of drug-likeness (QED) is 0.296. The van der Waals surface area contributed by atoms with Crippen LogP contribution in [-0.4, -0.2) is 52.9 Å². The van der Waals surface area contributed by atoms with Crippen LogP contribution in [0.4, 0.5) is 17.5 Å². The molecule has 1 aliphatic heterocycles. The number of imidazole rings is 1. The summed E-state index contributed by atoms with van der Waals surface area (Å²) in [6.07, 6.45) is 4.00. The predicted octanol–water partition coefficient (Wildman–Crippen LogP) is 4.13. The van der Waals surface area contributed by atoms with Gasteiger partial charge in [-0.05, 0) is 55.8 Å². The number of ether oxygens (including phenoxy) is 2. The van der Waals surface area contributed by atoms with Gasteiger partial charge in [0, 0.05) is 25.4 Å². The minimum atomic E-state index is 0.370. The van der Waals surface area contributed by atoms with Gasteiger partial charge in [-0.3, -0.25) is 0 Å². The summed E-state index contributed by atoms with van der Waals surface area (Å²) in [4.78, 5) is 14.4. The number of benzene rings is 2. The summed E-state index contributed by atoms with van der Waals surface area (Å²) in [5.74, 6) is 2.03. The monoisotopic (exact) mass is 473 g/mol. The van der Waals surface area contributed by atoms with Gasteiger partial charge in [0.05, 0.1) is 12.9 Å². The molecule has 182 valence electrons. The predicted molar refractivity (Wildman–Crippen MR) is 137 cm³/mol. The molecular weight excluding hydrogens is 442 g/mol. The van der Waals surface area contributed by atoms with Crippen molar-refractivity contribution >= 4 is 28.6 Å². The van der Waals surface area contributed by atoms with E-state index in [1.54, 1.807) is 7.11 Å². The van der Waals surface area contributed by atoms with Gasteiger partial charge in [0.2, 0.25) is 5.95 Å². The standard InChI is InChI=1S/C26H31N7O2/c1-34-15-16-35-22-9-7-20(8-10-22)30-26-31-24(28-17-19-5-3-2-4-6-19)23-25(32-26)33(18-29-23)21-11-13-27-14-12-21/h2-10,18,21,27H,11-17H2,1H3,(H2,28,30,31,32). The van der Waals surface area contributed by atoms with Gasteiger partial charge in [0.1, 0.15) is 12.4 Å². The number of rotatable bonds is 10. The molecule has 0 bridgehead atoms. The molecule has 9 nitrogen and oxygen atoms in total. The molecule has 3 heterocycles. The van der Waals surface area contributed by atoms with Gasteiger partial charge in [-0.15, -0.1) is 0 Å². The lowest BCUT2D eigenvalue weighted by molar-refractivity contribution is 0.146. The van der Waals surface area contributed by atoms with Crippen molar-refractivity contribution in [3.63, 3.8) is 0 Å². The molecule has 0 aliphatic carbocycles. The molecule has 3 N–H and O–H groups in total. The highest BCUT2D eigenvalue weighted by Gasteiger charge is 2.20. The van der Waals surface area contributed by atoms with Crippen molar-refractivity contribution in [2.45, 2.75) is 25.4 Å². The van der Waals surface area contributed by atoms with Crippen LogP contribution in [-0.2, 0) is 11.3 Å². The van der Waals surface area contributed by atoms with Crippen molar-refractivity contribution in [2.24, 2.45) is 0 Å². The third-order valence-corrected chi connectivity index (χ3v) is 6.09. The van der Waals surface area contributed by atoms with Crippen LogP contribution in [0.1, 0.15) is 24.4 Å². The van der Waals surface area contributed by atoms with Crippen LogP contribution in [0.5, 0.6) is 5.75 Å². The van der Waals surface area contributed by atoms with E-state index in [4.69, 9.17) is 24.4 Å². The molecule has 0 saturated carbocycles. The maximum atomic E-state index is 5.66. The van der Waals surface area contributed by atoms with Gasteiger partial charge < -0.3 is 30.0 Å². The number of anilines is 3. The molecule has 0 unspecified atom stereocenters. The van der Waals surface area contributed by atoms with Crippen LogP contribution < -0.4 is 20.7 Å². The van der Waals surface area contributed by atoms with E-state index >= 15 is 0 Å². The summed E-state index contributed by atoms with van der Waals surface area (Å²) in [6, 6.07) is 18.4. The van der Waals surface area contributed by atoms with Crippen LogP contribution in [0, 0.1) is 0 Å². The third-order valence-electron chi connectivity index (χ3n) is 6.09. The van der Waals surface area contributed by atoms with E-state index in [-0.39, 0.29) is 0 Å². The molecule has 0 radical (unpaired) electrons. The first-order chi connectivity index (χ1) is 17.3. The summed E-state index contributed by atoms with van der Waals surface area (Å²) >= 11 is 0. The van der Waals surface area contributed by atoms with E-state index in [0.29, 0.717) is 37.6 Å². The fraction of sp³-hybridized carbons (Fsp3) is 0.346. The van der Waals surface area contributed by atoms with Crippen molar-refractivity contribution in [3.05, 3.63) is 66.5 Å². The Balaban J connectivity index is 1.41. The molecule has 35 heavy (non-hydrogen) atoms. The molecule has 4 aromatic rings. The van der Waals surface area contributed by atoms with Gasteiger partial charge in [0.25, 0.3) is 0 Å². The second-order valence-corrected chi connectivity index (χ2v) is 8.53. The highest BCUT2D eigenvalue weighted by molar-refractivity contribution is 5.84. The number of nitrogens with one attached hydrogen (secondary N) is 3. The molecule has 0 atom stereocenters. The second-order valence-electron chi connectivity index (χ2n) is 8.53. The van der Waals surface area contributed by atoms with Crippen molar-refractivity contribution in [1.82, 2.24) is 24.8 Å². The fourth-order valence-electron chi connectivity index (χ4n) is 4.24. The molecule has 2 aromatic carbocycles. The Hall–Kier alpha value is -3.69. The zero-order valence-corrected chi connectivity index (χ0v) is 19.9. The van der Waals surface area contributed by atoms with Crippen LogP contribution in [0.15, 0.2) is 60.9 Å². The Kier molecular flexibility index (Phi) is 7.35. The number of methoxy groups -OCH3 is 1. The first-order valence-corrected chi connectivity index (χ1v) is 12.0. The topological polar surface area (TPSA) is 98.2 Å². The van der Waals surface area contributed by atoms with E-state index in [1.165, 1.54) is 5.56 Å². The summed E-state index contributed by atoms with van der Waals surface area (Å²) in [6.45, 7) is 3.72. The summed E-state index contributed by atoms with van der Waals surface area (Å²) in [5.41, 5.74) is 3.68. The molecule has 0 amide bonds. The van der Waals surface area contributed by atoms with Crippen molar-refractivity contribution in [1.29, 1.82) is 0 Å². The molecular formula is C26H31N7O2.